The number of nitrogens with zero attached hydrogens (tertiary/aromatic N) is 2. The van der Waals surface area contributed by atoms with Crippen molar-refractivity contribution in [3.8, 4) is 11.6 Å². The summed E-state index contributed by atoms with van der Waals surface area (Å²) >= 11 is 3.45. The van der Waals surface area contributed by atoms with Gasteiger partial charge in [-0.1, -0.05) is 15.9 Å². The zero-order valence-electron chi connectivity index (χ0n) is 12.4. The van der Waals surface area contributed by atoms with Gasteiger partial charge in [-0.25, -0.2) is 4.98 Å². The van der Waals surface area contributed by atoms with Gasteiger partial charge < -0.3 is 15.2 Å². The minimum absolute atomic E-state index is 0.400. The van der Waals surface area contributed by atoms with Crippen LogP contribution in [0.3, 0.4) is 0 Å². The molecule has 0 bridgehead atoms. The smallest absolute Gasteiger partial charge is 0.213 e. The van der Waals surface area contributed by atoms with Crippen molar-refractivity contribution in [3.63, 3.8) is 0 Å². The molecule has 0 radical (unpaired) electrons. The summed E-state index contributed by atoms with van der Waals surface area (Å²) in [5.74, 6) is 1.26. The molecular formula is C17H16BrN3O2. The Balaban J connectivity index is 1.56. The zero-order chi connectivity index (χ0) is 16.1. The lowest BCUT2D eigenvalue weighted by Gasteiger charge is -2.09. The standard InChI is InChI=1S/C17H16BrN3O2/c18-14-1-2-16-13(8-14)9-15(11-21-16)22-5-6-23-17-7-12(10-19)3-4-20-17/h1-4,7-9,11H,5-6,10,19H2. The third-order valence-corrected chi connectivity index (χ3v) is 3.75. The fraction of sp³-hybridized carbons (Fsp3) is 0.176. The molecule has 0 aliphatic rings. The molecule has 0 spiro atoms. The van der Waals surface area contributed by atoms with Crippen LogP contribution in [0.5, 0.6) is 11.6 Å². The van der Waals surface area contributed by atoms with Gasteiger partial charge in [-0.15, -0.1) is 0 Å². The van der Waals surface area contributed by atoms with Crippen molar-refractivity contribution < 1.29 is 9.47 Å². The average Bonchev–Trinajstić information content (AvgIpc) is 2.58. The first-order chi connectivity index (χ1) is 11.2. The normalized spacial score (nSPS) is 10.7. The van der Waals surface area contributed by atoms with Gasteiger partial charge in [-0.2, -0.15) is 0 Å². The molecule has 3 rings (SSSR count). The lowest BCUT2D eigenvalue weighted by molar-refractivity contribution is 0.211. The van der Waals surface area contributed by atoms with Crippen LogP contribution in [-0.4, -0.2) is 23.2 Å². The van der Waals surface area contributed by atoms with Gasteiger partial charge in [0.25, 0.3) is 0 Å². The lowest BCUT2D eigenvalue weighted by Crippen LogP contribution is -2.10. The molecule has 0 fully saturated rings. The highest BCUT2D eigenvalue weighted by Gasteiger charge is 2.01. The van der Waals surface area contributed by atoms with Crippen molar-refractivity contribution in [2.45, 2.75) is 6.54 Å². The average molecular weight is 374 g/mol. The number of benzene rings is 1. The van der Waals surface area contributed by atoms with Crippen molar-refractivity contribution in [2.75, 3.05) is 13.2 Å². The van der Waals surface area contributed by atoms with Gasteiger partial charge in [0.1, 0.15) is 19.0 Å². The van der Waals surface area contributed by atoms with E-state index >= 15 is 0 Å². The van der Waals surface area contributed by atoms with Crippen molar-refractivity contribution in [1.82, 2.24) is 9.97 Å². The summed E-state index contributed by atoms with van der Waals surface area (Å²) in [6.45, 7) is 1.28. The second kappa shape index (κ2) is 7.39. The summed E-state index contributed by atoms with van der Waals surface area (Å²) in [6.07, 6.45) is 3.40. The fourth-order valence-corrected chi connectivity index (χ4v) is 2.50. The maximum atomic E-state index is 5.68. The zero-order valence-corrected chi connectivity index (χ0v) is 14.0. The van der Waals surface area contributed by atoms with Crippen molar-refractivity contribution >= 4 is 26.8 Å². The predicted octanol–water partition coefficient (Wildman–Crippen LogP) is 3.31. The Bertz CT molecular complexity index is 811. The monoisotopic (exact) mass is 373 g/mol. The van der Waals surface area contributed by atoms with E-state index in [1.54, 1.807) is 12.4 Å². The molecule has 0 unspecified atom stereocenters. The van der Waals surface area contributed by atoms with Gasteiger partial charge in [0.2, 0.25) is 5.88 Å². The van der Waals surface area contributed by atoms with E-state index in [-0.39, 0.29) is 0 Å². The van der Waals surface area contributed by atoms with Gasteiger partial charge in [0.15, 0.2) is 0 Å². The molecule has 5 nitrogen and oxygen atoms in total. The molecule has 2 N–H and O–H groups in total. The predicted molar refractivity (Wildman–Crippen MR) is 92.6 cm³/mol. The Kier molecular flexibility index (Phi) is 5.05. The molecule has 118 valence electrons. The molecule has 23 heavy (non-hydrogen) atoms. The third kappa shape index (κ3) is 4.18. The number of halogens is 1. The molecule has 0 saturated carbocycles. The highest BCUT2D eigenvalue weighted by Crippen LogP contribution is 2.22. The van der Waals surface area contributed by atoms with Crippen LogP contribution in [0.2, 0.25) is 0 Å². The Morgan fingerprint density at radius 2 is 1.87 bits per heavy atom. The summed E-state index contributed by atoms with van der Waals surface area (Å²) in [4.78, 5) is 8.50. The van der Waals surface area contributed by atoms with E-state index in [0.717, 1.165) is 20.9 Å². The molecule has 0 aliphatic carbocycles. The van der Waals surface area contributed by atoms with E-state index in [9.17, 15) is 0 Å². The summed E-state index contributed by atoms with van der Waals surface area (Å²) in [7, 11) is 0. The molecule has 6 heteroatoms. The topological polar surface area (TPSA) is 70.3 Å². The largest absolute Gasteiger partial charge is 0.488 e. The summed E-state index contributed by atoms with van der Waals surface area (Å²) in [5.41, 5.74) is 7.50. The second-order valence-electron chi connectivity index (χ2n) is 4.91. The van der Waals surface area contributed by atoms with Gasteiger partial charge in [0, 0.05) is 28.7 Å². The van der Waals surface area contributed by atoms with Gasteiger partial charge in [-0.05, 0) is 35.9 Å². The maximum Gasteiger partial charge on any atom is 0.213 e. The first-order valence-corrected chi connectivity index (χ1v) is 8.00. The Labute approximate surface area is 142 Å². The number of hydrogen-bond acceptors (Lipinski definition) is 5. The van der Waals surface area contributed by atoms with Crippen molar-refractivity contribution in [1.29, 1.82) is 0 Å². The Morgan fingerprint density at radius 3 is 2.74 bits per heavy atom. The highest BCUT2D eigenvalue weighted by atomic mass is 79.9. The lowest BCUT2D eigenvalue weighted by atomic mass is 10.2. The Hall–Kier alpha value is -2.18. The summed E-state index contributed by atoms with van der Waals surface area (Å²) in [6, 6.07) is 11.6. The molecule has 0 saturated heterocycles. The van der Waals surface area contributed by atoms with Gasteiger partial charge >= 0.3 is 0 Å². The molecule has 1 aromatic carbocycles. The van der Waals surface area contributed by atoms with Crippen LogP contribution in [-0.2, 0) is 6.54 Å². The van der Waals surface area contributed by atoms with E-state index < -0.39 is 0 Å². The van der Waals surface area contributed by atoms with E-state index in [2.05, 4.69) is 25.9 Å². The molecule has 0 atom stereocenters. The minimum Gasteiger partial charge on any atom is -0.488 e. The highest BCUT2D eigenvalue weighted by molar-refractivity contribution is 9.10. The summed E-state index contributed by atoms with van der Waals surface area (Å²) in [5, 5.41) is 1.02. The molecule has 2 aromatic heterocycles. The van der Waals surface area contributed by atoms with Gasteiger partial charge in [-0.3, -0.25) is 4.98 Å². The number of pyridine rings is 2. The van der Waals surface area contributed by atoms with Gasteiger partial charge in [0.05, 0.1) is 11.7 Å². The van der Waals surface area contributed by atoms with E-state index in [0.29, 0.717) is 31.4 Å². The number of rotatable bonds is 6. The third-order valence-electron chi connectivity index (χ3n) is 3.26. The van der Waals surface area contributed by atoms with Crippen LogP contribution in [0.1, 0.15) is 5.56 Å². The van der Waals surface area contributed by atoms with E-state index in [4.69, 9.17) is 15.2 Å². The van der Waals surface area contributed by atoms with E-state index in [1.165, 1.54) is 0 Å². The number of nitrogens with two attached hydrogens (primary N) is 1. The fourth-order valence-electron chi connectivity index (χ4n) is 2.12. The quantitative estimate of drug-likeness (QED) is 0.671. The molecule has 2 heterocycles. The van der Waals surface area contributed by atoms with Crippen LogP contribution in [0, 0.1) is 0 Å². The molecule has 0 aliphatic heterocycles. The molecule has 3 aromatic rings. The Morgan fingerprint density at radius 1 is 1.00 bits per heavy atom. The maximum absolute atomic E-state index is 5.68. The molecule has 0 amide bonds. The van der Waals surface area contributed by atoms with Crippen LogP contribution in [0.4, 0.5) is 0 Å². The van der Waals surface area contributed by atoms with Crippen molar-refractivity contribution in [2.24, 2.45) is 5.73 Å². The summed E-state index contributed by atoms with van der Waals surface area (Å²) < 4.78 is 12.2. The minimum atomic E-state index is 0.400. The first kappa shape index (κ1) is 15.7. The number of hydrogen-bond donors (Lipinski definition) is 1. The molecular weight excluding hydrogens is 358 g/mol. The first-order valence-electron chi connectivity index (χ1n) is 7.20. The SMILES string of the molecule is NCc1ccnc(OCCOc2cnc3ccc(Br)cc3c2)c1. The van der Waals surface area contributed by atoms with Crippen LogP contribution in [0.15, 0.2) is 53.3 Å². The van der Waals surface area contributed by atoms with Crippen molar-refractivity contribution in [3.05, 3.63) is 58.8 Å². The second-order valence-corrected chi connectivity index (χ2v) is 5.83. The van der Waals surface area contributed by atoms with Crippen LogP contribution in [0.25, 0.3) is 10.9 Å². The number of aromatic nitrogens is 2. The van der Waals surface area contributed by atoms with E-state index in [1.807, 2.05) is 36.4 Å². The number of fused-ring (bicyclic) bond motifs is 1. The number of ether oxygens (including phenoxy) is 2. The van der Waals surface area contributed by atoms with Crippen LogP contribution < -0.4 is 15.2 Å². The van der Waals surface area contributed by atoms with Crippen LogP contribution >= 0.6 is 15.9 Å².